The molecule has 0 atom stereocenters. The van der Waals surface area contributed by atoms with Crippen LogP contribution < -0.4 is 15.8 Å². The number of nitrogens with zero attached hydrogens (tertiary/aromatic N) is 5. The second-order valence-electron chi connectivity index (χ2n) is 6.50. The molecule has 9 nitrogen and oxygen atoms in total. The molecular formula is C20H18FN7O2. The molecule has 1 amide bonds. The summed E-state index contributed by atoms with van der Waals surface area (Å²) < 4.78 is 20.4. The highest BCUT2D eigenvalue weighted by molar-refractivity contribution is 5.99. The summed E-state index contributed by atoms with van der Waals surface area (Å²) in [5.41, 5.74) is 8.06. The Kier molecular flexibility index (Phi) is 4.97. The number of carbonyl (C=O) groups excluding carboxylic acids is 1. The Morgan fingerprint density at radius 3 is 2.80 bits per heavy atom. The molecular weight excluding hydrogens is 389 g/mol. The van der Waals surface area contributed by atoms with Gasteiger partial charge in [0.2, 0.25) is 5.82 Å². The normalized spacial score (nSPS) is 10.9. The zero-order valence-corrected chi connectivity index (χ0v) is 16.3. The molecule has 4 aromatic rings. The fraction of sp³-hybridized carbons (Fsp3) is 0.150. The number of aromatic nitrogens is 5. The van der Waals surface area contributed by atoms with E-state index in [-0.39, 0.29) is 23.1 Å². The number of nitrogens with two attached hydrogens (primary N) is 1. The van der Waals surface area contributed by atoms with Crippen molar-refractivity contribution in [2.75, 3.05) is 12.4 Å². The van der Waals surface area contributed by atoms with E-state index in [2.05, 4.69) is 25.5 Å². The number of carbonyl (C=O) groups is 1. The second kappa shape index (κ2) is 7.74. The Morgan fingerprint density at radius 2 is 2.07 bits per heavy atom. The number of primary amides is 1. The van der Waals surface area contributed by atoms with Gasteiger partial charge in [-0.25, -0.2) is 14.4 Å². The number of hydrogen-bond acceptors (Lipinski definition) is 7. The highest BCUT2D eigenvalue weighted by atomic mass is 19.1. The number of hydrogen-bond donors (Lipinski definition) is 2. The lowest BCUT2D eigenvalue weighted by molar-refractivity contribution is 0.100. The smallest absolute Gasteiger partial charge is 0.276 e. The number of nitrogens with one attached hydrogen (secondary N) is 1. The van der Waals surface area contributed by atoms with Crippen LogP contribution in [0.2, 0.25) is 0 Å². The van der Waals surface area contributed by atoms with Crippen LogP contribution >= 0.6 is 0 Å². The number of halogens is 1. The average molecular weight is 407 g/mol. The summed E-state index contributed by atoms with van der Waals surface area (Å²) in [6.45, 7) is 2.09. The quantitative estimate of drug-likeness (QED) is 0.503. The summed E-state index contributed by atoms with van der Waals surface area (Å²) >= 11 is 0. The van der Waals surface area contributed by atoms with Crippen molar-refractivity contribution in [3.8, 4) is 17.4 Å². The molecule has 152 valence electrons. The Balaban J connectivity index is 1.75. The number of benzene rings is 1. The van der Waals surface area contributed by atoms with Crippen LogP contribution in [0, 0.1) is 12.7 Å². The van der Waals surface area contributed by atoms with Crippen molar-refractivity contribution in [2.45, 2.75) is 13.5 Å². The first-order chi connectivity index (χ1) is 14.5. The Bertz CT molecular complexity index is 1260. The Hall–Kier alpha value is -4.08. The fourth-order valence-corrected chi connectivity index (χ4v) is 3.14. The maximum atomic E-state index is 13.4. The molecule has 0 saturated heterocycles. The summed E-state index contributed by atoms with van der Waals surface area (Å²) in [7, 11) is 1.46. The number of ether oxygens (including phenoxy) is 1. The molecule has 30 heavy (non-hydrogen) atoms. The molecule has 0 fully saturated rings. The number of fused-ring (bicyclic) bond motifs is 1. The van der Waals surface area contributed by atoms with Gasteiger partial charge in [-0.2, -0.15) is 0 Å². The first kappa shape index (κ1) is 19.2. The third kappa shape index (κ3) is 3.50. The van der Waals surface area contributed by atoms with Crippen molar-refractivity contribution in [3.63, 3.8) is 0 Å². The number of rotatable bonds is 6. The van der Waals surface area contributed by atoms with Gasteiger partial charge >= 0.3 is 0 Å². The van der Waals surface area contributed by atoms with Gasteiger partial charge in [-0.1, -0.05) is 12.1 Å². The van der Waals surface area contributed by atoms with E-state index in [1.165, 1.54) is 19.2 Å². The van der Waals surface area contributed by atoms with Gasteiger partial charge in [0.25, 0.3) is 11.8 Å². The number of aryl methyl sites for hydroxylation is 1. The van der Waals surface area contributed by atoms with Gasteiger partial charge < -0.3 is 15.8 Å². The molecule has 10 heteroatoms. The monoisotopic (exact) mass is 407 g/mol. The van der Waals surface area contributed by atoms with Gasteiger partial charge in [0.15, 0.2) is 5.82 Å². The van der Waals surface area contributed by atoms with E-state index < -0.39 is 5.91 Å². The lowest BCUT2D eigenvalue weighted by atomic mass is 10.2. The first-order valence-electron chi connectivity index (χ1n) is 9.03. The second-order valence-corrected chi connectivity index (χ2v) is 6.50. The predicted octanol–water partition coefficient (Wildman–Crippen LogP) is 2.35. The maximum Gasteiger partial charge on any atom is 0.276 e. The Morgan fingerprint density at radius 1 is 1.23 bits per heavy atom. The van der Waals surface area contributed by atoms with Gasteiger partial charge in [-0.05, 0) is 36.8 Å². The van der Waals surface area contributed by atoms with Gasteiger partial charge in [0.1, 0.15) is 17.2 Å². The highest BCUT2D eigenvalue weighted by Crippen LogP contribution is 2.27. The molecule has 3 heterocycles. The summed E-state index contributed by atoms with van der Waals surface area (Å²) in [5.74, 6) is -0.0893. The summed E-state index contributed by atoms with van der Waals surface area (Å²) in [6, 6.07) is 9.52. The van der Waals surface area contributed by atoms with Gasteiger partial charge in [0.05, 0.1) is 18.4 Å². The van der Waals surface area contributed by atoms with Gasteiger partial charge in [0, 0.05) is 12.7 Å². The molecule has 0 saturated carbocycles. The molecule has 0 spiro atoms. The van der Waals surface area contributed by atoms with E-state index in [4.69, 9.17) is 10.5 Å². The highest BCUT2D eigenvalue weighted by Gasteiger charge is 2.20. The van der Waals surface area contributed by atoms with E-state index >= 15 is 0 Å². The lowest BCUT2D eigenvalue weighted by Gasteiger charge is -2.10. The molecule has 4 rings (SSSR count). The van der Waals surface area contributed by atoms with Crippen LogP contribution in [0.1, 0.15) is 21.6 Å². The summed E-state index contributed by atoms with van der Waals surface area (Å²) in [6.07, 6.45) is 1.74. The van der Waals surface area contributed by atoms with Gasteiger partial charge in [-0.15, -0.1) is 10.2 Å². The SMILES string of the molecule is COc1nnc(-c2c(C)nc3c(C(N)=O)cccn23)nc1NCc1cccc(F)c1. The fourth-order valence-electron chi connectivity index (χ4n) is 3.14. The van der Waals surface area contributed by atoms with E-state index in [1.54, 1.807) is 41.8 Å². The van der Waals surface area contributed by atoms with Crippen LogP contribution in [-0.2, 0) is 6.54 Å². The summed E-state index contributed by atoms with van der Waals surface area (Å²) in [4.78, 5) is 20.7. The zero-order chi connectivity index (χ0) is 21.3. The van der Waals surface area contributed by atoms with E-state index in [0.29, 0.717) is 29.4 Å². The minimum absolute atomic E-state index is 0.194. The minimum Gasteiger partial charge on any atom is -0.477 e. The van der Waals surface area contributed by atoms with Crippen molar-refractivity contribution >= 4 is 17.4 Å². The molecule has 0 aliphatic carbocycles. The molecule has 3 N–H and O–H groups in total. The molecule has 0 radical (unpaired) electrons. The maximum absolute atomic E-state index is 13.4. The van der Waals surface area contributed by atoms with Crippen molar-refractivity contribution in [1.82, 2.24) is 24.6 Å². The van der Waals surface area contributed by atoms with Gasteiger partial charge in [-0.3, -0.25) is 9.20 Å². The van der Waals surface area contributed by atoms with E-state index in [0.717, 1.165) is 5.56 Å². The molecule has 0 aliphatic heterocycles. The first-order valence-corrected chi connectivity index (χ1v) is 9.03. The predicted molar refractivity (Wildman–Crippen MR) is 108 cm³/mol. The molecule has 0 bridgehead atoms. The zero-order valence-electron chi connectivity index (χ0n) is 16.3. The third-order valence-corrected chi connectivity index (χ3v) is 4.50. The molecule has 0 aliphatic rings. The summed E-state index contributed by atoms with van der Waals surface area (Å²) in [5, 5.41) is 11.3. The van der Waals surface area contributed by atoms with Crippen LogP contribution in [0.3, 0.4) is 0 Å². The van der Waals surface area contributed by atoms with E-state index in [1.807, 2.05) is 0 Å². The van der Waals surface area contributed by atoms with Crippen molar-refractivity contribution < 1.29 is 13.9 Å². The molecule has 3 aromatic heterocycles. The third-order valence-electron chi connectivity index (χ3n) is 4.50. The number of methoxy groups -OCH3 is 1. The minimum atomic E-state index is -0.580. The standard InChI is InChI=1S/C20H18FN7O2/c1-11-15(28-8-4-7-14(16(22)29)19(28)24-11)17-25-18(20(30-2)27-26-17)23-10-12-5-3-6-13(21)9-12/h3-9H,10H2,1-2H3,(H2,22,29)(H,23,25,26). The largest absolute Gasteiger partial charge is 0.477 e. The molecule has 0 unspecified atom stereocenters. The van der Waals surface area contributed by atoms with Crippen LogP contribution in [0.4, 0.5) is 10.2 Å². The average Bonchev–Trinajstić information content (AvgIpc) is 3.07. The van der Waals surface area contributed by atoms with Crippen molar-refractivity contribution in [3.05, 3.63) is 65.2 Å². The van der Waals surface area contributed by atoms with Crippen LogP contribution in [0.15, 0.2) is 42.6 Å². The van der Waals surface area contributed by atoms with Crippen LogP contribution in [0.25, 0.3) is 17.2 Å². The van der Waals surface area contributed by atoms with Crippen LogP contribution in [0.5, 0.6) is 5.88 Å². The topological polar surface area (TPSA) is 120 Å². The van der Waals surface area contributed by atoms with Crippen molar-refractivity contribution in [2.24, 2.45) is 5.73 Å². The van der Waals surface area contributed by atoms with E-state index in [9.17, 15) is 9.18 Å². The molecule has 1 aromatic carbocycles. The number of amides is 1. The van der Waals surface area contributed by atoms with Crippen LogP contribution in [-0.4, -0.2) is 37.6 Å². The number of anilines is 1. The van der Waals surface area contributed by atoms with Crippen molar-refractivity contribution in [1.29, 1.82) is 0 Å². The number of imidazole rings is 1. The lowest BCUT2D eigenvalue weighted by Crippen LogP contribution is -2.12. The Labute approximate surface area is 170 Å². The number of pyridine rings is 1.